The minimum atomic E-state index is -0.202. The second-order valence-corrected chi connectivity index (χ2v) is 4.35. The Hall–Kier alpha value is -2.21. The van der Waals surface area contributed by atoms with E-state index in [-0.39, 0.29) is 5.91 Å². The molecule has 0 bridgehead atoms. The number of nitrogens with zero attached hydrogens (tertiary/aromatic N) is 3. The molecule has 0 aromatic carbocycles. The van der Waals surface area contributed by atoms with Crippen LogP contribution >= 0.6 is 0 Å². The molecule has 0 saturated carbocycles. The summed E-state index contributed by atoms with van der Waals surface area (Å²) < 4.78 is 1.73. The largest absolute Gasteiger partial charge is 0.346 e. The fourth-order valence-corrected chi connectivity index (χ4v) is 1.77. The molecular weight excluding hydrogens is 242 g/mol. The van der Waals surface area contributed by atoms with Crippen molar-refractivity contribution in [3.05, 3.63) is 47.0 Å². The second-order valence-electron chi connectivity index (χ2n) is 4.35. The summed E-state index contributed by atoms with van der Waals surface area (Å²) in [5.41, 5.74) is 8.68. The average molecular weight is 259 g/mol. The van der Waals surface area contributed by atoms with Gasteiger partial charge in [-0.3, -0.25) is 14.5 Å². The van der Waals surface area contributed by atoms with E-state index in [0.717, 1.165) is 16.8 Å². The average Bonchev–Trinajstić information content (AvgIpc) is 2.74. The van der Waals surface area contributed by atoms with Crippen molar-refractivity contribution in [1.82, 2.24) is 20.1 Å². The summed E-state index contributed by atoms with van der Waals surface area (Å²) in [6.07, 6.45) is 3.50. The molecule has 0 aliphatic heterocycles. The van der Waals surface area contributed by atoms with Crippen LogP contribution in [0.15, 0.2) is 24.5 Å². The van der Waals surface area contributed by atoms with Crippen LogP contribution in [-0.2, 0) is 20.1 Å². The highest BCUT2D eigenvalue weighted by Gasteiger charge is 2.09. The Morgan fingerprint density at radius 2 is 2.26 bits per heavy atom. The molecule has 0 fully saturated rings. The maximum absolute atomic E-state index is 11.9. The van der Waals surface area contributed by atoms with Gasteiger partial charge in [0.25, 0.3) is 5.91 Å². The first-order valence-electron chi connectivity index (χ1n) is 6.02. The molecule has 2 rings (SSSR count). The Labute approximate surface area is 111 Å². The molecule has 2 heterocycles. The van der Waals surface area contributed by atoms with Crippen molar-refractivity contribution in [1.29, 1.82) is 0 Å². The predicted octanol–water partition coefficient (Wildman–Crippen LogP) is 0.512. The Morgan fingerprint density at radius 3 is 2.79 bits per heavy atom. The Balaban J connectivity index is 1.99. The number of nitrogens with two attached hydrogens (primary N) is 1. The topological polar surface area (TPSA) is 85.8 Å². The van der Waals surface area contributed by atoms with Crippen LogP contribution in [0.3, 0.4) is 0 Å². The molecule has 0 spiro atoms. The fourth-order valence-electron chi connectivity index (χ4n) is 1.77. The summed E-state index contributed by atoms with van der Waals surface area (Å²) in [5.74, 6) is -0.202. The molecule has 0 saturated heterocycles. The van der Waals surface area contributed by atoms with Crippen LogP contribution in [0.4, 0.5) is 0 Å². The van der Waals surface area contributed by atoms with E-state index in [1.54, 1.807) is 23.0 Å². The van der Waals surface area contributed by atoms with E-state index in [4.69, 9.17) is 5.73 Å². The third-order valence-electron chi connectivity index (χ3n) is 2.85. The highest BCUT2D eigenvalue weighted by atomic mass is 16.1. The lowest BCUT2D eigenvalue weighted by Gasteiger charge is -2.04. The maximum Gasteiger partial charge on any atom is 0.270 e. The number of amides is 1. The van der Waals surface area contributed by atoms with Crippen molar-refractivity contribution in [2.75, 3.05) is 0 Å². The summed E-state index contributed by atoms with van der Waals surface area (Å²) in [6.45, 7) is 2.78. The first kappa shape index (κ1) is 13.2. The van der Waals surface area contributed by atoms with Crippen LogP contribution in [0.1, 0.15) is 27.3 Å². The number of hydrogen-bond acceptors (Lipinski definition) is 4. The molecule has 6 nitrogen and oxygen atoms in total. The van der Waals surface area contributed by atoms with Crippen LogP contribution < -0.4 is 11.1 Å². The van der Waals surface area contributed by atoms with Crippen LogP contribution in [-0.4, -0.2) is 20.7 Å². The number of aryl methyl sites for hydroxylation is 2. The fraction of sp³-hybridized carbons (Fsp3) is 0.308. The van der Waals surface area contributed by atoms with Gasteiger partial charge in [-0.05, 0) is 18.6 Å². The lowest BCUT2D eigenvalue weighted by molar-refractivity contribution is 0.0946. The molecule has 0 aliphatic carbocycles. The van der Waals surface area contributed by atoms with E-state index >= 15 is 0 Å². The SMILES string of the molecule is Cc1nn(C)cc1CNC(=O)c1ccc(CN)cn1. The molecule has 6 heteroatoms. The van der Waals surface area contributed by atoms with Gasteiger partial charge in [-0.25, -0.2) is 0 Å². The first-order valence-corrected chi connectivity index (χ1v) is 6.02. The standard InChI is InChI=1S/C13H17N5O/c1-9-11(8-18(2)17-9)7-16-13(19)12-4-3-10(5-14)6-15-12/h3-4,6,8H,5,7,14H2,1-2H3,(H,16,19). The lowest BCUT2D eigenvalue weighted by Crippen LogP contribution is -2.24. The van der Waals surface area contributed by atoms with Gasteiger partial charge in [0, 0.05) is 38.1 Å². The molecule has 2 aromatic rings. The normalized spacial score (nSPS) is 10.5. The van der Waals surface area contributed by atoms with E-state index in [1.807, 2.05) is 20.2 Å². The molecule has 1 amide bonds. The molecule has 19 heavy (non-hydrogen) atoms. The third-order valence-corrected chi connectivity index (χ3v) is 2.85. The van der Waals surface area contributed by atoms with E-state index < -0.39 is 0 Å². The zero-order chi connectivity index (χ0) is 13.8. The van der Waals surface area contributed by atoms with Gasteiger partial charge in [-0.15, -0.1) is 0 Å². The summed E-state index contributed by atoms with van der Waals surface area (Å²) in [5, 5.41) is 7.04. The molecule has 100 valence electrons. The quantitative estimate of drug-likeness (QED) is 0.837. The number of rotatable bonds is 4. The Morgan fingerprint density at radius 1 is 1.47 bits per heavy atom. The van der Waals surface area contributed by atoms with Gasteiger partial charge in [0.2, 0.25) is 0 Å². The van der Waals surface area contributed by atoms with Crippen LogP contribution in [0.5, 0.6) is 0 Å². The number of carbonyl (C=O) groups is 1. The number of carbonyl (C=O) groups excluding carboxylic acids is 1. The first-order chi connectivity index (χ1) is 9.10. The monoisotopic (exact) mass is 259 g/mol. The number of nitrogens with one attached hydrogen (secondary N) is 1. The molecule has 2 aromatic heterocycles. The summed E-state index contributed by atoms with van der Waals surface area (Å²) in [7, 11) is 1.85. The molecule has 3 N–H and O–H groups in total. The van der Waals surface area contributed by atoms with Gasteiger partial charge in [-0.1, -0.05) is 6.07 Å². The van der Waals surface area contributed by atoms with E-state index in [2.05, 4.69) is 15.4 Å². The van der Waals surface area contributed by atoms with Crippen molar-refractivity contribution in [3.63, 3.8) is 0 Å². The molecule has 0 radical (unpaired) electrons. The molecule has 0 atom stereocenters. The smallest absolute Gasteiger partial charge is 0.270 e. The summed E-state index contributed by atoms with van der Waals surface area (Å²) in [6, 6.07) is 3.48. The van der Waals surface area contributed by atoms with Gasteiger partial charge in [0.1, 0.15) is 5.69 Å². The van der Waals surface area contributed by atoms with E-state index in [0.29, 0.717) is 18.8 Å². The van der Waals surface area contributed by atoms with Crippen molar-refractivity contribution >= 4 is 5.91 Å². The number of pyridine rings is 1. The molecule has 0 unspecified atom stereocenters. The van der Waals surface area contributed by atoms with E-state index in [9.17, 15) is 4.79 Å². The van der Waals surface area contributed by atoms with Crippen LogP contribution in [0, 0.1) is 6.92 Å². The third kappa shape index (κ3) is 3.17. The van der Waals surface area contributed by atoms with Gasteiger partial charge in [0.15, 0.2) is 0 Å². The van der Waals surface area contributed by atoms with Gasteiger partial charge < -0.3 is 11.1 Å². The summed E-state index contributed by atoms with van der Waals surface area (Å²) in [4.78, 5) is 16.0. The van der Waals surface area contributed by atoms with Crippen molar-refractivity contribution in [2.45, 2.75) is 20.0 Å². The lowest BCUT2D eigenvalue weighted by atomic mass is 10.2. The van der Waals surface area contributed by atoms with Crippen molar-refractivity contribution < 1.29 is 4.79 Å². The highest BCUT2D eigenvalue weighted by molar-refractivity contribution is 5.92. The van der Waals surface area contributed by atoms with Crippen LogP contribution in [0.25, 0.3) is 0 Å². The minimum Gasteiger partial charge on any atom is -0.346 e. The van der Waals surface area contributed by atoms with Crippen molar-refractivity contribution in [3.8, 4) is 0 Å². The number of hydrogen-bond donors (Lipinski definition) is 2. The predicted molar refractivity (Wildman–Crippen MR) is 71.2 cm³/mol. The maximum atomic E-state index is 11.9. The van der Waals surface area contributed by atoms with E-state index in [1.165, 1.54) is 0 Å². The second kappa shape index (κ2) is 5.62. The Kier molecular flexibility index (Phi) is 3.91. The van der Waals surface area contributed by atoms with Crippen LogP contribution in [0.2, 0.25) is 0 Å². The van der Waals surface area contributed by atoms with Gasteiger partial charge >= 0.3 is 0 Å². The van der Waals surface area contributed by atoms with Crippen molar-refractivity contribution in [2.24, 2.45) is 12.8 Å². The highest BCUT2D eigenvalue weighted by Crippen LogP contribution is 2.05. The zero-order valence-corrected chi connectivity index (χ0v) is 11.1. The molecule has 0 aliphatic rings. The molecular formula is C13H17N5O. The zero-order valence-electron chi connectivity index (χ0n) is 11.1. The Bertz CT molecular complexity index is 573. The number of aromatic nitrogens is 3. The van der Waals surface area contributed by atoms with Gasteiger partial charge in [-0.2, -0.15) is 5.10 Å². The summed E-state index contributed by atoms with van der Waals surface area (Å²) >= 11 is 0. The minimum absolute atomic E-state index is 0.202. The van der Waals surface area contributed by atoms with Gasteiger partial charge in [0.05, 0.1) is 5.69 Å².